The lowest BCUT2D eigenvalue weighted by molar-refractivity contribution is 0.394. The molecule has 3 aromatic rings. The summed E-state index contributed by atoms with van der Waals surface area (Å²) in [7, 11) is 1.60. The highest BCUT2D eigenvalue weighted by molar-refractivity contribution is 7.81. The van der Waals surface area contributed by atoms with Gasteiger partial charge in [0.1, 0.15) is 17.3 Å². The number of hydrogen-bond donors (Lipinski definition) is 2. The van der Waals surface area contributed by atoms with Crippen LogP contribution in [0.5, 0.6) is 11.5 Å². The number of anilines is 1. The van der Waals surface area contributed by atoms with Crippen molar-refractivity contribution in [1.82, 2.24) is 0 Å². The third kappa shape index (κ3) is 4.82. The number of methoxy groups -OCH3 is 1. The standard InChI is InChI=1S/C26H28FNO2S/c1-30-22-14-15-23(24(29)17-22)26-19(7-5-6-18-10-12-20(27)13-11-18)16-25(31)28(26)21-8-3-2-4-9-21/h2-4,8-15,17,19,25-26,29,31H,5-7,16H2,1H3/t19-,25?,26+/m1/s1. The zero-order valence-corrected chi connectivity index (χ0v) is 18.5. The summed E-state index contributed by atoms with van der Waals surface area (Å²) >= 11 is 4.92. The second kappa shape index (κ2) is 9.65. The maximum absolute atomic E-state index is 13.2. The number of nitrogens with zero attached hydrogens (tertiary/aromatic N) is 1. The summed E-state index contributed by atoms with van der Waals surface area (Å²) in [5.74, 6) is 1.02. The van der Waals surface area contributed by atoms with E-state index in [1.54, 1.807) is 13.2 Å². The molecule has 1 heterocycles. The lowest BCUT2D eigenvalue weighted by atomic mass is 9.88. The van der Waals surface area contributed by atoms with E-state index in [9.17, 15) is 9.50 Å². The molecule has 0 aliphatic carbocycles. The molecule has 162 valence electrons. The topological polar surface area (TPSA) is 32.7 Å². The second-order valence-corrected chi connectivity index (χ2v) is 8.70. The minimum atomic E-state index is -0.203. The van der Waals surface area contributed by atoms with E-state index in [1.165, 1.54) is 12.1 Å². The molecule has 0 spiro atoms. The number of aryl methyl sites for hydroxylation is 1. The normalized spacial score (nSPS) is 20.7. The van der Waals surface area contributed by atoms with Gasteiger partial charge in [-0.1, -0.05) is 30.3 Å². The van der Waals surface area contributed by atoms with Crippen molar-refractivity contribution in [2.75, 3.05) is 12.0 Å². The number of phenols is 1. The minimum absolute atomic E-state index is 0.0176. The first kappa shape index (κ1) is 21.6. The van der Waals surface area contributed by atoms with Gasteiger partial charge in [-0.2, -0.15) is 12.6 Å². The van der Waals surface area contributed by atoms with Gasteiger partial charge in [0, 0.05) is 17.3 Å². The highest BCUT2D eigenvalue weighted by atomic mass is 32.1. The molecule has 0 aromatic heterocycles. The molecule has 0 amide bonds. The molecule has 1 unspecified atom stereocenters. The van der Waals surface area contributed by atoms with Gasteiger partial charge < -0.3 is 14.7 Å². The fourth-order valence-corrected chi connectivity index (χ4v) is 5.21. The highest BCUT2D eigenvalue weighted by Crippen LogP contribution is 2.49. The van der Waals surface area contributed by atoms with Crippen molar-refractivity contribution < 1.29 is 14.2 Å². The molecular formula is C26H28FNO2S. The van der Waals surface area contributed by atoms with Crippen LogP contribution in [0.25, 0.3) is 0 Å². The number of hydrogen-bond acceptors (Lipinski definition) is 4. The summed E-state index contributed by atoms with van der Waals surface area (Å²) in [5, 5.41) is 10.9. The van der Waals surface area contributed by atoms with Gasteiger partial charge in [-0.25, -0.2) is 4.39 Å². The van der Waals surface area contributed by atoms with E-state index in [0.717, 1.165) is 42.5 Å². The second-order valence-electron chi connectivity index (χ2n) is 8.11. The zero-order valence-electron chi connectivity index (χ0n) is 17.6. The molecule has 0 saturated carbocycles. The summed E-state index contributed by atoms with van der Waals surface area (Å²) in [4.78, 5) is 2.31. The van der Waals surface area contributed by atoms with Crippen molar-refractivity contribution in [3.63, 3.8) is 0 Å². The van der Waals surface area contributed by atoms with E-state index in [4.69, 9.17) is 17.4 Å². The molecule has 1 N–H and O–H groups in total. The van der Waals surface area contributed by atoms with E-state index >= 15 is 0 Å². The maximum atomic E-state index is 13.2. The molecule has 0 radical (unpaired) electrons. The fraction of sp³-hybridized carbons (Fsp3) is 0.308. The fourth-order valence-electron chi connectivity index (χ4n) is 4.66. The van der Waals surface area contributed by atoms with Crippen LogP contribution in [-0.4, -0.2) is 17.6 Å². The predicted octanol–water partition coefficient (Wildman–Crippen LogP) is 6.39. The molecule has 1 aliphatic heterocycles. The van der Waals surface area contributed by atoms with Gasteiger partial charge in [0.15, 0.2) is 0 Å². The van der Waals surface area contributed by atoms with E-state index in [-0.39, 0.29) is 23.0 Å². The quantitative estimate of drug-likeness (QED) is 0.420. The SMILES string of the molecule is COc1ccc([C@@H]2[C@H](CCCc3ccc(F)cc3)CC(S)N2c2ccccc2)c(O)c1. The summed E-state index contributed by atoms with van der Waals surface area (Å²) in [6, 6.07) is 22.6. The number of para-hydroxylation sites is 1. The number of rotatable bonds is 7. The van der Waals surface area contributed by atoms with Gasteiger partial charge in [-0.05, 0) is 73.6 Å². The lowest BCUT2D eigenvalue weighted by Gasteiger charge is -2.33. The average molecular weight is 438 g/mol. The average Bonchev–Trinajstić information content (AvgIpc) is 3.11. The van der Waals surface area contributed by atoms with Gasteiger partial charge in [0.25, 0.3) is 0 Å². The zero-order chi connectivity index (χ0) is 21.8. The van der Waals surface area contributed by atoms with Gasteiger partial charge in [-0.15, -0.1) is 0 Å². The molecule has 3 atom stereocenters. The van der Waals surface area contributed by atoms with Crippen molar-refractivity contribution in [3.8, 4) is 11.5 Å². The van der Waals surface area contributed by atoms with Gasteiger partial charge in [0.05, 0.1) is 18.5 Å². The third-order valence-electron chi connectivity index (χ3n) is 6.15. The van der Waals surface area contributed by atoms with E-state index in [1.807, 2.05) is 42.5 Å². The summed E-state index contributed by atoms with van der Waals surface area (Å²) in [6.45, 7) is 0. The number of benzene rings is 3. The molecule has 3 nitrogen and oxygen atoms in total. The van der Waals surface area contributed by atoms with Crippen LogP contribution in [0.1, 0.15) is 36.4 Å². The molecule has 5 heteroatoms. The van der Waals surface area contributed by atoms with E-state index < -0.39 is 0 Å². The maximum Gasteiger partial charge on any atom is 0.124 e. The Morgan fingerprint density at radius 3 is 2.48 bits per heavy atom. The third-order valence-corrected chi connectivity index (χ3v) is 6.60. The Hall–Kier alpha value is -2.66. The minimum Gasteiger partial charge on any atom is -0.507 e. The number of aromatic hydroxyl groups is 1. The molecular weight excluding hydrogens is 409 g/mol. The Kier molecular flexibility index (Phi) is 6.71. The van der Waals surface area contributed by atoms with Crippen LogP contribution in [0.3, 0.4) is 0 Å². The Labute approximate surface area is 188 Å². The van der Waals surface area contributed by atoms with Crippen LogP contribution in [-0.2, 0) is 6.42 Å². The predicted molar refractivity (Wildman–Crippen MR) is 127 cm³/mol. The number of phenolic OH excluding ortho intramolecular Hbond substituents is 1. The molecule has 0 bridgehead atoms. The first-order valence-corrected chi connectivity index (χ1v) is 11.2. The van der Waals surface area contributed by atoms with Crippen molar-refractivity contribution in [2.24, 2.45) is 5.92 Å². The van der Waals surface area contributed by atoms with Crippen LogP contribution >= 0.6 is 12.6 Å². The van der Waals surface area contributed by atoms with Crippen molar-refractivity contribution in [2.45, 2.75) is 37.1 Å². The Morgan fingerprint density at radius 1 is 1.06 bits per heavy atom. The van der Waals surface area contributed by atoms with Crippen LogP contribution in [0.15, 0.2) is 72.8 Å². The van der Waals surface area contributed by atoms with Crippen LogP contribution < -0.4 is 9.64 Å². The Balaban J connectivity index is 1.59. The van der Waals surface area contributed by atoms with Crippen LogP contribution in [0.2, 0.25) is 0 Å². The monoisotopic (exact) mass is 437 g/mol. The number of thiol groups is 1. The van der Waals surface area contributed by atoms with E-state index in [2.05, 4.69) is 17.0 Å². The summed E-state index contributed by atoms with van der Waals surface area (Å²) in [5.41, 5.74) is 3.14. The molecule has 4 rings (SSSR count). The first-order chi connectivity index (χ1) is 15.1. The summed E-state index contributed by atoms with van der Waals surface area (Å²) in [6.07, 6.45) is 3.82. The van der Waals surface area contributed by atoms with Gasteiger partial charge in [-0.3, -0.25) is 0 Å². The largest absolute Gasteiger partial charge is 0.507 e. The van der Waals surface area contributed by atoms with Gasteiger partial charge in [0.2, 0.25) is 0 Å². The van der Waals surface area contributed by atoms with E-state index in [0.29, 0.717) is 11.7 Å². The summed E-state index contributed by atoms with van der Waals surface area (Å²) < 4.78 is 18.5. The van der Waals surface area contributed by atoms with Gasteiger partial charge >= 0.3 is 0 Å². The number of halogens is 1. The smallest absolute Gasteiger partial charge is 0.124 e. The molecule has 1 saturated heterocycles. The van der Waals surface area contributed by atoms with Crippen LogP contribution in [0.4, 0.5) is 10.1 Å². The first-order valence-electron chi connectivity index (χ1n) is 10.7. The Bertz CT molecular complexity index is 996. The Morgan fingerprint density at radius 2 is 1.81 bits per heavy atom. The molecule has 1 aliphatic rings. The van der Waals surface area contributed by atoms with Crippen molar-refractivity contribution >= 4 is 18.3 Å². The highest BCUT2D eigenvalue weighted by Gasteiger charge is 2.41. The van der Waals surface area contributed by atoms with Crippen molar-refractivity contribution in [3.05, 3.63) is 89.7 Å². The van der Waals surface area contributed by atoms with Crippen molar-refractivity contribution in [1.29, 1.82) is 0 Å². The number of ether oxygens (including phenoxy) is 1. The van der Waals surface area contributed by atoms with Crippen LogP contribution in [0, 0.1) is 11.7 Å². The molecule has 3 aromatic carbocycles. The molecule has 31 heavy (non-hydrogen) atoms. The lowest BCUT2D eigenvalue weighted by Crippen LogP contribution is -2.29. The molecule has 1 fully saturated rings.